The smallest absolute Gasteiger partial charge is 0.307 e. The maximum Gasteiger partial charge on any atom is 0.307 e. The Morgan fingerprint density at radius 3 is 2.47 bits per heavy atom. The van der Waals surface area contributed by atoms with Gasteiger partial charge in [-0.1, -0.05) is 29.8 Å². The number of amides is 1. The molecule has 0 aliphatic rings. The molecule has 228 valence electrons. The number of nitrogens with one attached hydrogen (secondary N) is 1. The van der Waals surface area contributed by atoms with Crippen LogP contribution in [0.25, 0.3) is 5.69 Å². The molecule has 5 aromatic rings. The largest absolute Gasteiger partial charge is 0.490 e. The molecule has 0 aliphatic heterocycles. The fourth-order valence-electron chi connectivity index (χ4n) is 4.69. The molecule has 0 bridgehead atoms. The van der Waals surface area contributed by atoms with Gasteiger partial charge in [0, 0.05) is 22.6 Å². The number of ether oxygens (including phenoxy) is 3. The molecule has 0 fully saturated rings. The lowest BCUT2D eigenvalue weighted by molar-refractivity contribution is 0.0923. The summed E-state index contributed by atoms with van der Waals surface area (Å²) in [6, 6.07) is 27.9. The van der Waals surface area contributed by atoms with Crippen molar-refractivity contribution in [2.24, 2.45) is 5.10 Å². The van der Waals surface area contributed by atoms with Crippen molar-refractivity contribution in [2.45, 2.75) is 34.0 Å². The minimum Gasteiger partial charge on any atom is -0.490 e. The summed E-state index contributed by atoms with van der Waals surface area (Å²) in [6.45, 7) is 6.65. The first-order valence-electron chi connectivity index (χ1n) is 14.2. The molecule has 2 aromatic heterocycles. The average molecular weight is 623 g/mol. The lowest BCUT2D eigenvalue weighted by atomic mass is 10.1. The van der Waals surface area contributed by atoms with Crippen LogP contribution in [0.1, 0.15) is 51.3 Å². The molecule has 0 radical (unpaired) electrons. The summed E-state index contributed by atoms with van der Waals surface area (Å²) < 4.78 is 25.3. The Bertz CT molecular complexity index is 1850. The van der Waals surface area contributed by atoms with Crippen molar-refractivity contribution in [3.63, 3.8) is 0 Å². The average Bonchev–Trinajstić information content (AvgIpc) is 3.66. The van der Waals surface area contributed by atoms with Crippen LogP contribution in [-0.2, 0) is 13.2 Å². The highest BCUT2D eigenvalue weighted by molar-refractivity contribution is 6.32. The van der Waals surface area contributed by atoms with Crippen LogP contribution in [0.2, 0.25) is 5.02 Å². The molecule has 0 atom stereocenters. The van der Waals surface area contributed by atoms with Crippen LogP contribution in [0.3, 0.4) is 0 Å². The number of furan rings is 1. The van der Waals surface area contributed by atoms with Gasteiger partial charge < -0.3 is 23.2 Å². The third-order valence-corrected chi connectivity index (χ3v) is 7.13. The number of hydrazone groups is 1. The molecule has 3 aromatic carbocycles. The summed E-state index contributed by atoms with van der Waals surface area (Å²) >= 11 is 6.52. The van der Waals surface area contributed by atoms with Crippen molar-refractivity contribution in [1.82, 2.24) is 9.99 Å². The van der Waals surface area contributed by atoms with Gasteiger partial charge in [-0.15, -0.1) is 0 Å². The van der Waals surface area contributed by atoms with Crippen molar-refractivity contribution in [1.29, 1.82) is 5.26 Å². The lowest BCUT2D eigenvalue weighted by Gasteiger charge is -2.15. The number of carbonyl (C=O) groups excluding carboxylic acids is 1. The highest BCUT2D eigenvalue weighted by Gasteiger charge is 2.15. The molecular formula is C35H31ClN4O5. The van der Waals surface area contributed by atoms with Gasteiger partial charge >= 0.3 is 5.91 Å². The number of hydrogen-bond donors (Lipinski definition) is 1. The predicted molar refractivity (Wildman–Crippen MR) is 171 cm³/mol. The molecule has 0 unspecified atom stereocenters. The Morgan fingerprint density at radius 2 is 1.73 bits per heavy atom. The van der Waals surface area contributed by atoms with Crippen LogP contribution < -0.4 is 19.6 Å². The van der Waals surface area contributed by atoms with Gasteiger partial charge in [0.1, 0.15) is 24.7 Å². The Hall–Kier alpha value is -5.46. The standard InChI is InChI=1S/C35H31ClN4O5/c1-4-42-33-18-25(17-31(36)34(33)44-21-27-8-6-5-7-26(27)19-37)20-38-39-35(41)32-16-15-30(45-32)22-43-29-13-11-28(12-14-29)40-23(2)9-10-24(40)3/h5-18,20H,4,21-22H2,1-3H3,(H,39,41)/b38-20+. The number of aromatic nitrogens is 1. The summed E-state index contributed by atoms with van der Waals surface area (Å²) in [7, 11) is 0. The SMILES string of the molecule is CCOc1cc(/C=N/NC(=O)c2ccc(COc3ccc(-n4c(C)ccc4C)cc3)o2)cc(Cl)c1OCc1ccccc1C#N. The second-order valence-electron chi connectivity index (χ2n) is 10.0. The van der Waals surface area contributed by atoms with E-state index in [1.807, 2.05) is 43.3 Å². The van der Waals surface area contributed by atoms with E-state index >= 15 is 0 Å². The van der Waals surface area contributed by atoms with Crippen LogP contribution in [0.15, 0.2) is 94.4 Å². The second kappa shape index (κ2) is 14.3. The number of nitrogens with zero attached hydrogens (tertiary/aromatic N) is 3. The Balaban J connectivity index is 1.17. The van der Waals surface area contributed by atoms with Gasteiger partial charge in [0.25, 0.3) is 0 Å². The molecule has 0 aliphatic carbocycles. The third-order valence-electron chi connectivity index (χ3n) is 6.85. The van der Waals surface area contributed by atoms with Crippen LogP contribution in [0.5, 0.6) is 17.2 Å². The van der Waals surface area contributed by atoms with Gasteiger partial charge in [-0.25, -0.2) is 5.43 Å². The summed E-state index contributed by atoms with van der Waals surface area (Å²) in [4.78, 5) is 12.6. The monoisotopic (exact) mass is 622 g/mol. The van der Waals surface area contributed by atoms with E-state index in [4.69, 9.17) is 30.2 Å². The van der Waals surface area contributed by atoms with Crippen molar-refractivity contribution < 1.29 is 23.4 Å². The molecule has 45 heavy (non-hydrogen) atoms. The molecule has 2 heterocycles. The van der Waals surface area contributed by atoms with Gasteiger partial charge in [-0.2, -0.15) is 10.4 Å². The van der Waals surface area contributed by atoms with Gasteiger partial charge in [-0.05, 0) is 93.1 Å². The number of aryl methyl sites for hydroxylation is 2. The zero-order chi connectivity index (χ0) is 31.8. The number of rotatable bonds is 12. The minimum absolute atomic E-state index is 0.0918. The predicted octanol–water partition coefficient (Wildman–Crippen LogP) is 7.53. The number of carbonyl (C=O) groups is 1. The molecule has 0 saturated heterocycles. The van der Waals surface area contributed by atoms with E-state index in [1.165, 1.54) is 6.21 Å². The molecule has 10 heteroatoms. The third kappa shape index (κ3) is 7.55. The van der Waals surface area contributed by atoms with Crippen molar-refractivity contribution in [3.05, 3.63) is 130 Å². The van der Waals surface area contributed by atoms with Crippen molar-refractivity contribution in [2.75, 3.05) is 6.61 Å². The minimum atomic E-state index is -0.522. The number of nitriles is 1. The molecule has 1 amide bonds. The molecule has 0 spiro atoms. The van der Waals surface area contributed by atoms with Crippen LogP contribution >= 0.6 is 11.6 Å². The maximum atomic E-state index is 12.6. The van der Waals surface area contributed by atoms with E-state index in [2.05, 4.69) is 47.1 Å². The van der Waals surface area contributed by atoms with E-state index < -0.39 is 5.91 Å². The fourth-order valence-corrected chi connectivity index (χ4v) is 4.96. The van der Waals surface area contributed by atoms with Gasteiger partial charge in [0.2, 0.25) is 0 Å². The maximum absolute atomic E-state index is 12.6. The Morgan fingerprint density at radius 1 is 0.978 bits per heavy atom. The first-order valence-corrected chi connectivity index (χ1v) is 14.6. The highest BCUT2D eigenvalue weighted by Crippen LogP contribution is 2.37. The van der Waals surface area contributed by atoms with Crippen molar-refractivity contribution in [3.8, 4) is 29.0 Å². The second-order valence-corrected chi connectivity index (χ2v) is 10.4. The van der Waals surface area contributed by atoms with Crippen LogP contribution in [0.4, 0.5) is 0 Å². The Kier molecular flexibility index (Phi) is 9.87. The topological polar surface area (TPSA) is 111 Å². The Labute approximate surface area is 266 Å². The zero-order valence-electron chi connectivity index (χ0n) is 25.0. The van der Waals surface area contributed by atoms with Crippen molar-refractivity contribution >= 4 is 23.7 Å². The summed E-state index contributed by atoms with van der Waals surface area (Å²) in [5.41, 5.74) is 7.65. The van der Waals surface area contributed by atoms with Gasteiger partial charge in [0.05, 0.1) is 29.5 Å². The quantitative estimate of drug-likeness (QED) is 0.114. The van der Waals surface area contributed by atoms with Crippen LogP contribution in [-0.4, -0.2) is 23.3 Å². The number of benzene rings is 3. The van der Waals surface area contributed by atoms with Crippen LogP contribution in [0, 0.1) is 25.2 Å². The van der Waals surface area contributed by atoms with Gasteiger partial charge in [0.15, 0.2) is 17.3 Å². The van der Waals surface area contributed by atoms with E-state index in [1.54, 1.807) is 36.4 Å². The molecule has 0 saturated carbocycles. The van der Waals surface area contributed by atoms with E-state index in [0.29, 0.717) is 45.8 Å². The first kappa shape index (κ1) is 31.0. The van der Waals surface area contributed by atoms with E-state index in [0.717, 1.165) is 22.6 Å². The summed E-state index contributed by atoms with van der Waals surface area (Å²) in [5.74, 6) is 1.50. The molecular weight excluding hydrogens is 592 g/mol. The molecule has 1 N–H and O–H groups in total. The number of halogens is 1. The number of hydrogen-bond acceptors (Lipinski definition) is 7. The normalized spacial score (nSPS) is 10.9. The lowest BCUT2D eigenvalue weighted by Crippen LogP contribution is -2.16. The van der Waals surface area contributed by atoms with E-state index in [-0.39, 0.29) is 19.0 Å². The highest BCUT2D eigenvalue weighted by atomic mass is 35.5. The summed E-state index contributed by atoms with van der Waals surface area (Å²) in [6.07, 6.45) is 1.44. The fraction of sp³-hybridized carbons (Fsp3) is 0.171. The summed E-state index contributed by atoms with van der Waals surface area (Å²) in [5, 5.41) is 13.7. The molecule has 9 nitrogen and oxygen atoms in total. The molecule has 5 rings (SSSR count). The van der Waals surface area contributed by atoms with Gasteiger partial charge in [-0.3, -0.25) is 4.79 Å². The van der Waals surface area contributed by atoms with E-state index in [9.17, 15) is 10.1 Å². The first-order chi connectivity index (χ1) is 21.9. The zero-order valence-corrected chi connectivity index (χ0v) is 25.8.